The Morgan fingerprint density at radius 3 is 2.70 bits per heavy atom. The second kappa shape index (κ2) is 11.1. The van der Waals surface area contributed by atoms with Crippen molar-refractivity contribution in [2.24, 2.45) is 11.0 Å². The maximum absolute atomic E-state index is 12.7. The first-order chi connectivity index (χ1) is 16.1. The van der Waals surface area contributed by atoms with Crippen molar-refractivity contribution >= 4 is 23.8 Å². The van der Waals surface area contributed by atoms with Crippen molar-refractivity contribution in [3.05, 3.63) is 64.7 Å². The fraction of sp³-hybridized carbons (Fsp3) is 0.423. The van der Waals surface area contributed by atoms with E-state index in [0.717, 1.165) is 43.6 Å². The monoisotopic (exact) mass is 449 g/mol. The Bertz CT molecular complexity index is 997. The van der Waals surface area contributed by atoms with Crippen LogP contribution < -0.4 is 5.32 Å². The Morgan fingerprint density at radius 1 is 1.15 bits per heavy atom. The number of nitrogens with one attached hydrogen (secondary N) is 1. The van der Waals surface area contributed by atoms with E-state index >= 15 is 0 Å². The van der Waals surface area contributed by atoms with Crippen molar-refractivity contribution in [1.82, 2.24) is 5.01 Å². The van der Waals surface area contributed by atoms with Gasteiger partial charge in [-0.15, -0.1) is 0 Å². The SMILES string of the molecule is CCOC(=O)CC1CCc2cc(NC(=O)c3ccc(/C=N/N4CCOCC4)cc3)ccc2C1. The molecule has 0 aromatic heterocycles. The minimum atomic E-state index is -0.136. The van der Waals surface area contributed by atoms with Crippen molar-refractivity contribution < 1.29 is 19.1 Å². The van der Waals surface area contributed by atoms with Crippen LogP contribution in [0.1, 0.15) is 46.8 Å². The molecule has 2 aromatic rings. The first-order valence-corrected chi connectivity index (χ1v) is 11.7. The summed E-state index contributed by atoms with van der Waals surface area (Å²) in [5.41, 5.74) is 4.83. The predicted octanol–water partition coefficient (Wildman–Crippen LogP) is 3.66. The van der Waals surface area contributed by atoms with Gasteiger partial charge in [-0.25, -0.2) is 0 Å². The molecule has 1 unspecified atom stereocenters. The highest BCUT2D eigenvalue weighted by atomic mass is 16.5. The highest BCUT2D eigenvalue weighted by Crippen LogP contribution is 2.30. The lowest BCUT2D eigenvalue weighted by Crippen LogP contribution is -2.32. The Labute approximate surface area is 194 Å². The molecule has 33 heavy (non-hydrogen) atoms. The largest absolute Gasteiger partial charge is 0.466 e. The van der Waals surface area contributed by atoms with E-state index in [1.807, 2.05) is 48.5 Å². The molecule has 1 aliphatic heterocycles. The first-order valence-electron chi connectivity index (χ1n) is 11.7. The molecule has 1 N–H and O–H groups in total. The van der Waals surface area contributed by atoms with Gasteiger partial charge < -0.3 is 14.8 Å². The lowest BCUT2D eigenvalue weighted by molar-refractivity contribution is -0.144. The van der Waals surface area contributed by atoms with Gasteiger partial charge in [0.1, 0.15) is 0 Å². The molecule has 0 bridgehead atoms. The number of ether oxygens (including phenoxy) is 2. The molecule has 2 aliphatic rings. The normalized spacial score (nSPS) is 18.1. The van der Waals surface area contributed by atoms with Crippen molar-refractivity contribution in [3.63, 3.8) is 0 Å². The van der Waals surface area contributed by atoms with Crippen LogP contribution in [-0.4, -0.2) is 56.0 Å². The van der Waals surface area contributed by atoms with Crippen LogP contribution >= 0.6 is 0 Å². The Kier molecular flexibility index (Phi) is 7.73. The van der Waals surface area contributed by atoms with E-state index in [1.165, 1.54) is 11.1 Å². The molecule has 1 heterocycles. The summed E-state index contributed by atoms with van der Waals surface area (Å²) < 4.78 is 10.4. The molecule has 0 saturated carbocycles. The van der Waals surface area contributed by atoms with Crippen molar-refractivity contribution in [2.45, 2.75) is 32.6 Å². The number of amides is 1. The fourth-order valence-electron chi connectivity index (χ4n) is 4.28. The fourth-order valence-corrected chi connectivity index (χ4v) is 4.28. The first kappa shape index (κ1) is 23.0. The summed E-state index contributed by atoms with van der Waals surface area (Å²) in [7, 11) is 0. The number of carbonyl (C=O) groups excluding carboxylic acids is 2. The van der Waals surface area contributed by atoms with E-state index in [2.05, 4.69) is 22.6 Å². The molecular weight excluding hydrogens is 418 g/mol. The molecule has 0 spiro atoms. The van der Waals surface area contributed by atoms with Crippen LogP contribution in [0.4, 0.5) is 5.69 Å². The van der Waals surface area contributed by atoms with Crippen molar-refractivity contribution in [1.29, 1.82) is 0 Å². The van der Waals surface area contributed by atoms with Crippen molar-refractivity contribution in [3.8, 4) is 0 Å². The number of hydrogen-bond acceptors (Lipinski definition) is 6. The van der Waals surface area contributed by atoms with E-state index < -0.39 is 0 Å². The lowest BCUT2D eigenvalue weighted by atomic mass is 9.82. The number of hydrogen-bond donors (Lipinski definition) is 1. The number of morpholine rings is 1. The van der Waals surface area contributed by atoms with Crippen LogP contribution in [0.15, 0.2) is 47.6 Å². The smallest absolute Gasteiger partial charge is 0.306 e. The summed E-state index contributed by atoms with van der Waals surface area (Å²) in [5.74, 6) is 0.0677. The predicted molar refractivity (Wildman–Crippen MR) is 128 cm³/mol. The molecule has 4 rings (SSSR count). The number of carbonyl (C=O) groups is 2. The minimum absolute atomic E-state index is 0.117. The van der Waals surface area contributed by atoms with Crippen LogP contribution in [0.3, 0.4) is 0 Å². The molecule has 7 nitrogen and oxygen atoms in total. The number of hydrazone groups is 1. The number of aryl methyl sites for hydroxylation is 1. The van der Waals surface area contributed by atoms with Crippen LogP contribution in [0.5, 0.6) is 0 Å². The van der Waals surface area contributed by atoms with Gasteiger partial charge in [0.05, 0.1) is 39.1 Å². The standard InChI is InChI=1S/C26H31N3O4/c1-2-33-25(30)16-20-5-8-23-17-24(10-9-22(23)15-20)28-26(31)21-6-3-19(4-7-21)18-27-29-11-13-32-14-12-29/h3-4,6-7,9-10,17-18,20H,2,5,8,11-16H2,1H3,(H,28,31)/b27-18+. The van der Waals surface area contributed by atoms with Gasteiger partial charge in [-0.3, -0.25) is 14.6 Å². The van der Waals surface area contributed by atoms with Gasteiger partial charge in [0, 0.05) is 17.7 Å². The zero-order valence-electron chi connectivity index (χ0n) is 19.1. The number of fused-ring (bicyclic) bond motifs is 1. The summed E-state index contributed by atoms with van der Waals surface area (Å²) in [6.07, 6.45) is 5.01. The molecule has 1 aliphatic carbocycles. The maximum atomic E-state index is 12.7. The highest BCUT2D eigenvalue weighted by molar-refractivity contribution is 6.04. The minimum Gasteiger partial charge on any atom is -0.466 e. The van der Waals surface area contributed by atoms with Gasteiger partial charge in [-0.1, -0.05) is 18.2 Å². The van der Waals surface area contributed by atoms with Crippen LogP contribution in [-0.2, 0) is 27.1 Å². The average Bonchev–Trinajstić information content (AvgIpc) is 2.84. The van der Waals surface area contributed by atoms with Crippen LogP contribution in [0, 0.1) is 5.92 Å². The Balaban J connectivity index is 1.32. The van der Waals surface area contributed by atoms with Gasteiger partial charge in [0.25, 0.3) is 5.91 Å². The highest BCUT2D eigenvalue weighted by Gasteiger charge is 2.22. The molecule has 1 amide bonds. The molecule has 174 valence electrons. The third-order valence-corrected chi connectivity index (χ3v) is 6.09. The second-order valence-corrected chi connectivity index (χ2v) is 8.49. The summed E-state index contributed by atoms with van der Waals surface area (Å²) >= 11 is 0. The molecule has 0 radical (unpaired) electrons. The van der Waals surface area contributed by atoms with Gasteiger partial charge in [0.15, 0.2) is 0 Å². The lowest BCUT2D eigenvalue weighted by Gasteiger charge is -2.24. The second-order valence-electron chi connectivity index (χ2n) is 8.49. The number of nitrogens with zero attached hydrogens (tertiary/aromatic N) is 2. The topological polar surface area (TPSA) is 80.2 Å². The van der Waals surface area contributed by atoms with Crippen LogP contribution in [0.25, 0.3) is 0 Å². The summed E-state index contributed by atoms with van der Waals surface area (Å²) in [5, 5.41) is 9.46. The molecule has 1 saturated heterocycles. The van der Waals surface area contributed by atoms with E-state index in [-0.39, 0.29) is 11.9 Å². The Hall–Kier alpha value is -3.19. The average molecular weight is 450 g/mol. The van der Waals surface area contributed by atoms with E-state index in [9.17, 15) is 9.59 Å². The number of esters is 1. The van der Waals surface area contributed by atoms with E-state index in [1.54, 1.807) is 0 Å². The Morgan fingerprint density at radius 2 is 1.94 bits per heavy atom. The van der Waals surface area contributed by atoms with Gasteiger partial charge in [-0.05, 0) is 73.1 Å². The molecule has 7 heteroatoms. The molecular formula is C26H31N3O4. The third kappa shape index (κ3) is 6.42. The molecule has 2 aromatic carbocycles. The van der Waals surface area contributed by atoms with E-state index in [4.69, 9.17) is 9.47 Å². The number of rotatable bonds is 7. The molecule has 1 atom stereocenters. The number of benzene rings is 2. The maximum Gasteiger partial charge on any atom is 0.306 e. The van der Waals surface area contributed by atoms with E-state index in [0.29, 0.717) is 37.7 Å². The van der Waals surface area contributed by atoms with Gasteiger partial charge in [0.2, 0.25) is 0 Å². The zero-order chi connectivity index (χ0) is 23.0. The number of anilines is 1. The van der Waals surface area contributed by atoms with Crippen LogP contribution in [0.2, 0.25) is 0 Å². The molecule has 1 fully saturated rings. The van der Waals surface area contributed by atoms with Gasteiger partial charge >= 0.3 is 5.97 Å². The quantitative estimate of drug-likeness (QED) is 0.515. The summed E-state index contributed by atoms with van der Waals surface area (Å²) in [4.78, 5) is 24.5. The summed E-state index contributed by atoms with van der Waals surface area (Å²) in [6, 6.07) is 13.5. The van der Waals surface area contributed by atoms with Gasteiger partial charge in [-0.2, -0.15) is 5.10 Å². The zero-order valence-corrected chi connectivity index (χ0v) is 19.1. The van der Waals surface area contributed by atoms with Crippen molar-refractivity contribution in [2.75, 3.05) is 38.2 Å². The third-order valence-electron chi connectivity index (χ3n) is 6.09. The summed E-state index contributed by atoms with van der Waals surface area (Å²) in [6.45, 7) is 5.25.